The molecule has 0 aromatic rings. The molecule has 0 aromatic carbocycles. The van der Waals surface area contributed by atoms with E-state index in [2.05, 4.69) is 6.58 Å². The number of halogens is 1. The molecule has 0 bridgehead atoms. The fourth-order valence-electron chi connectivity index (χ4n) is 0.150. The lowest BCUT2D eigenvalue weighted by atomic mass is 10.5. The highest BCUT2D eigenvalue weighted by Gasteiger charge is 1.96. The van der Waals surface area contributed by atoms with Gasteiger partial charge in [-0.1, -0.05) is 6.08 Å². The van der Waals surface area contributed by atoms with Crippen LogP contribution in [0.15, 0.2) is 12.7 Å². The SMILES string of the molecule is C=CC(C#N)[SiH2]Cl. The van der Waals surface area contributed by atoms with E-state index in [1.54, 1.807) is 6.08 Å². The highest BCUT2D eigenvalue weighted by molar-refractivity contribution is 6.95. The normalized spacial score (nSPS) is 13.7. The maximum absolute atomic E-state index is 8.16. The van der Waals surface area contributed by atoms with Crippen LogP contribution in [0.1, 0.15) is 0 Å². The van der Waals surface area contributed by atoms with Gasteiger partial charge < -0.3 is 0 Å². The molecule has 0 fully saturated rings. The van der Waals surface area contributed by atoms with Gasteiger partial charge in [0.1, 0.15) is 8.83 Å². The average Bonchev–Trinajstić information content (AvgIpc) is 1.72. The van der Waals surface area contributed by atoms with E-state index in [0.29, 0.717) is 0 Å². The molecular formula is C4H6ClNSi. The van der Waals surface area contributed by atoms with E-state index in [1.807, 2.05) is 6.07 Å². The zero-order valence-electron chi connectivity index (χ0n) is 3.89. The summed E-state index contributed by atoms with van der Waals surface area (Å²) in [7, 11) is -0.679. The molecule has 0 aliphatic carbocycles. The van der Waals surface area contributed by atoms with Gasteiger partial charge in [-0.15, -0.1) is 6.58 Å². The highest BCUT2D eigenvalue weighted by Crippen LogP contribution is 2.01. The molecule has 1 nitrogen and oxygen atoms in total. The Hall–Kier alpha value is -0.263. The van der Waals surface area contributed by atoms with Crippen LogP contribution in [0, 0.1) is 11.3 Å². The van der Waals surface area contributed by atoms with Crippen molar-refractivity contribution in [3.63, 3.8) is 0 Å². The van der Waals surface area contributed by atoms with Gasteiger partial charge in [-0.3, -0.25) is 0 Å². The topological polar surface area (TPSA) is 23.8 Å². The molecule has 1 unspecified atom stereocenters. The lowest BCUT2D eigenvalue weighted by molar-refractivity contribution is 1.34. The number of hydrogen-bond acceptors (Lipinski definition) is 1. The van der Waals surface area contributed by atoms with E-state index in [-0.39, 0.29) is 5.54 Å². The van der Waals surface area contributed by atoms with E-state index < -0.39 is 8.83 Å². The Bertz CT molecular complexity index is 96.4. The Kier molecular flexibility index (Phi) is 3.76. The number of allylic oxidation sites excluding steroid dienone is 1. The maximum atomic E-state index is 8.16. The Morgan fingerprint density at radius 1 is 2.00 bits per heavy atom. The summed E-state index contributed by atoms with van der Waals surface area (Å²) in [6.45, 7) is 3.43. The lowest BCUT2D eigenvalue weighted by Crippen LogP contribution is -1.86. The van der Waals surface area contributed by atoms with Gasteiger partial charge in [0.2, 0.25) is 0 Å². The number of hydrogen-bond donors (Lipinski definition) is 0. The number of rotatable bonds is 2. The largest absolute Gasteiger partial charge is 0.198 e. The van der Waals surface area contributed by atoms with Gasteiger partial charge in [0.15, 0.2) is 0 Å². The van der Waals surface area contributed by atoms with Crippen molar-refractivity contribution >= 4 is 19.9 Å². The monoisotopic (exact) mass is 131 g/mol. The van der Waals surface area contributed by atoms with Crippen molar-refractivity contribution in [3.05, 3.63) is 12.7 Å². The average molecular weight is 132 g/mol. The molecule has 0 heterocycles. The first-order chi connectivity index (χ1) is 3.35. The Morgan fingerprint density at radius 2 is 2.57 bits per heavy atom. The Labute approximate surface area is 50.1 Å². The minimum absolute atomic E-state index is 0.0401. The van der Waals surface area contributed by atoms with Gasteiger partial charge in [-0.2, -0.15) is 16.3 Å². The van der Waals surface area contributed by atoms with Crippen molar-refractivity contribution in [2.45, 2.75) is 5.54 Å². The van der Waals surface area contributed by atoms with E-state index in [0.717, 1.165) is 0 Å². The zero-order chi connectivity index (χ0) is 5.70. The summed E-state index contributed by atoms with van der Waals surface area (Å²) in [6, 6.07) is 2.01. The van der Waals surface area contributed by atoms with Crippen LogP contribution in [-0.2, 0) is 0 Å². The third-order valence-corrected chi connectivity index (χ3v) is 2.46. The quantitative estimate of drug-likeness (QED) is 0.309. The predicted molar refractivity (Wildman–Crippen MR) is 34.0 cm³/mol. The number of nitrogens with zero attached hydrogens (tertiary/aromatic N) is 1. The van der Waals surface area contributed by atoms with Crippen molar-refractivity contribution in [2.24, 2.45) is 0 Å². The minimum Gasteiger partial charge on any atom is -0.198 e. The molecule has 1 atom stereocenters. The van der Waals surface area contributed by atoms with Crippen LogP contribution in [0.2, 0.25) is 5.54 Å². The first-order valence-corrected chi connectivity index (χ1v) is 4.88. The molecule has 0 saturated carbocycles. The van der Waals surface area contributed by atoms with E-state index >= 15 is 0 Å². The second-order valence-corrected chi connectivity index (χ2v) is 3.24. The molecule has 0 amide bonds. The molecule has 38 valence electrons. The standard InChI is InChI=1S/C4H6ClNSi/c1-2-4(3-6)7-5/h2,4H,1,7H2. The van der Waals surface area contributed by atoms with E-state index in [1.165, 1.54) is 0 Å². The molecule has 0 aliphatic rings. The van der Waals surface area contributed by atoms with Crippen LogP contribution in [-0.4, -0.2) is 8.83 Å². The van der Waals surface area contributed by atoms with Crippen molar-refractivity contribution in [2.75, 3.05) is 0 Å². The van der Waals surface area contributed by atoms with Crippen molar-refractivity contribution in [1.29, 1.82) is 5.26 Å². The van der Waals surface area contributed by atoms with Crippen LogP contribution < -0.4 is 0 Å². The Balaban J connectivity index is 3.43. The highest BCUT2D eigenvalue weighted by atomic mass is 35.6. The summed E-state index contributed by atoms with van der Waals surface area (Å²) in [6.07, 6.45) is 1.60. The van der Waals surface area contributed by atoms with Crippen LogP contribution >= 0.6 is 11.1 Å². The van der Waals surface area contributed by atoms with Gasteiger partial charge >= 0.3 is 0 Å². The molecule has 0 N–H and O–H groups in total. The third-order valence-electron chi connectivity index (χ3n) is 0.617. The minimum atomic E-state index is -0.679. The molecule has 0 spiro atoms. The van der Waals surface area contributed by atoms with Crippen LogP contribution in [0.5, 0.6) is 0 Å². The van der Waals surface area contributed by atoms with Crippen molar-refractivity contribution < 1.29 is 0 Å². The lowest BCUT2D eigenvalue weighted by Gasteiger charge is -1.87. The van der Waals surface area contributed by atoms with E-state index in [4.69, 9.17) is 16.3 Å². The van der Waals surface area contributed by atoms with Gasteiger partial charge in [0, 0.05) is 0 Å². The van der Waals surface area contributed by atoms with Crippen molar-refractivity contribution in [3.8, 4) is 6.07 Å². The molecule has 0 aliphatic heterocycles. The summed E-state index contributed by atoms with van der Waals surface area (Å²) in [5, 5.41) is 8.16. The smallest absolute Gasteiger partial charge is 0.147 e. The first-order valence-electron chi connectivity index (χ1n) is 1.93. The van der Waals surface area contributed by atoms with Crippen LogP contribution in [0.3, 0.4) is 0 Å². The second kappa shape index (κ2) is 3.91. The predicted octanol–water partition coefficient (Wildman–Crippen LogP) is 0.807. The van der Waals surface area contributed by atoms with Gasteiger partial charge in [-0.25, -0.2) is 0 Å². The fourth-order valence-corrected chi connectivity index (χ4v) is 0.930. The molecule has 0 radical (unpaired) electrons. The van der Waals surface area contributed by atoms with Gasteiger partial charge in [-0.05, 0) is 0 Å². The Morgan fingerprint density at radius 3 is 2.57 bits per heavy atom. The van der Waals surface area contributed by atoms with Gasteiger partial charge in [0.05, 0.1) is 11.6 Å². The summed E-state index contributed by atoms with van der Waals surface area (Å²) in [5.41, 5.74) is -0.0401. The summed E-state index contributed by atoms with van der Waals surface area (Å²) in [4.78, 5) is 0. The summed E-state index contributed by atoms with van der Waals surface area (Å²) < 4.78 is 0. The zero-order valence-corrected chi connectivity index (χ0v) is 6.06. The first kappa shape index (κ1) is 6.74. The van der Waals surface area contributed by atoms with Gasteiger partial charge in [0.25, 0.3) is 0 Å². The van der Waals surface area contributed by atoms with Crippen LogP contribution in [0.25, 0.3) is 0 Å². The summed E-state index contributed by atoms with van der Waals surface area (Å²) >= 11 is 5.41. The number of nitriles is 1. The fraction of sp³-hybridized carbons (Fsp3) is 0.250. The second-order valence-electron chi connectivity index (χ2n) is 1.13. The molecule has 0 aromatic heterocycles. The molecule has 7 heavy (non-hydrogen) atoms. The maximum Gasteiger partial charge on any atom is 0.147 e. The molecule has 3 heteroatoms. The third kappa shape index (κ3) is 2.43. The summed E-state index contributed by atoms with van der Waals surface area (Å²) in [5.74, 6) is 0. The molecule has 0 rings (SSSR count). The molecule has 0 saturated heterocycles. The van der Waals surface area contributed by atoms with E-state index in [9.17, 15) is 0 Å². The van der Waals surface area contributed by atoms with Crippen LogP contribution in [0.4, 0.5) is 0 Å². The molecular weight excluding hydrogens is 126 g/mol. The van der Waals surface area contributed by atoms with Crippen molar-refractivity contribution in [1.82, 2.24) is 0 Å².